The van der Waals surface area contributed by atoms with Gasteiger partial charge in [0.15, 0.2) is 0 Å². The lowest BCUT2D eigenvalue weighted by Gasteiger charge is -2.34. The van der Waals surface area contributed by atoms with Crippen molar-refractivity contribution in [2.75, 3.05) is 18.4 Å². The highest BCUT2D eigenvalue weighted by atomic mass is 16.5. The van der Waals surface area contributed by atoms with Crippen molar-refractivity contribution in [2.24, 2.45) is 0 Å². The van der Waals surface area contributed by atoms with E-state index in [0.29, 0.717) is 6.04 Å². The summed E-state index contributed by atoms with van der Waals surface area (Å²) in [5, 5.41) is 3.48. The lowest BCUT2D eigenvalue weighted by molar-refractivity contribution is 0.189. The summed E-state index contributed by atoms with van der Waals surface area (Å²) in [7, 11) is 0. The third kappa shape index (κ3) is 3.13. The van der Waals surface area contributed by atoms with Crippen LogP contribution in [0, 0.1) is 0 Å². The van der Waals surface area contributed by atoms with Gasteiger partial charge in [0.05, 0.1) is 12.2 Å². The van der Waals surface area contributed by atoms with Gasteiger partial charge >= 0.3 is 0 Å². The largest absolute Gasteiger partial charge is 0.487 e. The molecule has 0 fully saturated rings. The summed E-state index contributed by atoms with van der Waals surface area (Å²) in [6.45, 7) is 7.55. The summed E-state index contributed by atoms with van der Waals surface area (Å²) in [5.41, 5.74) is 5.53. The van der Waals surface area contributed by atoms with Crippen LogP contribution in [0.2, 0.25) is 0 Å². The maximum atomic E-state index is 5.87. The van der Waals surface area contributed by atoms with Gasteiger partial charge < -0.3 is 10.1 Å². The van der Waals surface area contributed by atoms with Gasteiger partial charge in [-0.3, -0.25) is 4.90 Å². The second-order valence-corrected chi connectivity index (χ2v) is 7.18. The lowest BCUT2D eigenvalue weighted by atomic mass is 9.97. The maximum Gasteiger partial charge on any atom is 0.142 e. The minimum absolute atomic E-state index is 0.246. The van der Waals surface area contributed by atoms with Crippen molar-refractivity contribution < 1.29 is 4.74 Å². The van der Waals surface area contributed by atoms with Crippen molar-refractivity contribution in [3.63, 3.8) is 0 Å². The van der Waals surface area contributed by atoms with E-state index in [4.69, 9.17) is 4.74 Å². The highest BCUT2D eigenvalue weighted by Gasteiger charge is 2.21. The van der Waals surface area contributed by atoms with Crippen LogP contribution < -0.4 is 10.1 Å². The predicted octanol–water partition coefficient (Wildman–Crippen LogP) is 3.87. The second kappa shape index (κ2) is 6.48. The molecule has 2 atom stereocenters. The first-order valence-corrected chi connectivity index (χ1v) is 9.03. The molecule has 0 amide bonds. The predicted molar refractivity (Wildman–Crippen MR) is 98.7 cm³/mol. The SMILES string of the molecule is CC1CNc2cc(CC(C)N3CCc4ccccc4C3)ccc2O1. The standard InChI is InChI=1S/C21H26N2O/c1-15(23-10-9-18-5-3-4-6-19(18)14-23)11-17-7-8-21-20(12-17)22-13-16(2)24-21/h3-8,12,15-16,22H,9-11,13-14H2,1-2H3. The van der Waals surface area contributed by atoms with Gasteiger partial charge in [0.2, 0.25) is 0 Å². The molecule has 126 valence electrons. The van der Waals surface area contributed by atoms with E-state index in [1.807, 2.05) is 0 Å². The molecule has 2 aliphatic heterocycles. The van der Waals surface area contributed by atoms with Gasteiger partial charge in [0.25, 0.3) is 0 Å². The molecule has 2 aromatic carbocycles. The van der Waals surface area contributed by atoms with Crippen molar-refractivity contribution in [1.29, 1.82) is 0 Å². The van der Waals surface area contributed by atoms with Crippen LogP contribution in [-0.4, -0.2) is 30.1 Å². The molecule has 0 aromatic heterocycles. The van der Waals surface area contributed by atoms with Gasteiger partial charge in [-0.05, 0) is 55.5 Å². The van der Waals surface area contributed by atoms with Crippen molar-refractivity contribution in [3.05, 3.63) is 59.2 Å². The Morgan fingerprint density at radius 2 is 2.04 bits per heavy atom. The monoisotopic (exact) mass is 322 g/mol. The van der Waals surface area contributed by atoms with Gasteiger partial charge in [-0.25, -0.2) is 0 Å². The van der Waals surface area contributed by atoms with E-state index in [2.05, 4.69) is 66.5 Å². The van der Waals surface area contributed by atoms with E-state index in [0.717, 1.165) is 43.9 Å². The third-order valence-electron chi connectivity index (χ3n) is 5.27. The summed E-state index contributed by atoms with van der Waals surface area (Å²) < 4.78 is 5.87. The first-order valence-electron chi connectivity index (χ1n) is 9.03. The van der Waals surface area contributed by atoms with E-state index in [-0.39, 0.29) is 6.10 Å². The minimum Gasteiger partial charge on any atom is -0.487 e. The Labute approximate surface area is 144 Å². The first-order chi connectivity index (χ1) is 11.7. The Morgan fingerprint density at radius 1 is 1.21 bits per heavy atom. The fraction of sp³-hybridized carbons (Fsp3) is 0.429. The minimum atomic E-state index is 0.246. The molecular formula is C21H26N2O. The number of benzene rings is 2. The maximum absolute atomic E-state index is 5.87. The van der Waals surface area contributed by atoms with Gasteiger partial charge in [-0.1, -0.05) is 30.3 Å². The quantitative estimate of drug-likeness (QED) is 0.928. The molecule has 1 N–H and O–H groups in total. The Balaban J connectivity index is 1.44. The molecule has 4 rings (SSSR count). The van der Waals surface area contributed by atoms with Crippen molar-refractivity contribution in [1.82, 2.24) is 4.90 Å². The first kappa shape index (κ1) is 15.5. The van der Waals surface area contributed by atoms with E-state index in [1.165, 1.54) is 16.7 Å². The summed E-state index contributed by atoms with van der Waals surface area (Å²) in [6.07, 6.45) is 2.49. The number of anilines is 1. The van der Waals surface area contributed by atoms with Crippen LogP contribution in [0.5, 0.6) is 5.75 Å². The van der Waals surface area contributed by atoms with Crippen LogP contribution in [0.4, 0.5) is 5.69 Å². The fourth-order valence-corrected chi connectivity index (χ4v) is 3.82. The summed E-state index contributed by atoms with van der Waals surface area (Å²) in [4.78, 5) is 2.60. The third-order valence-corrected chi connectivity index (χ3v) is 5.27. The van der Waals surface area contributed by atoms with Crippen LogP contribution in [0.3, 0.4) is 0 Å². The normalized spacial score (nSPS) is 21.2. The van der Waals surface area contributed by atoms with Gasteiger partial charge in [0, 0.05) is 19.1 Å². The number of fused-ring (bicyclic) bond motifs is 2. The van der Waals surface area contributed by atoms with E-state index in [9.17, 15) is 0 Å². The van der Waals surface area contributed by atoms with Gasteiger partial charge in [-0.15, -0.1) is 0 Å². The molecule has 24 heavy (non-hydrogen) atoms. The van der Waals surface area contributed by atoms with Crippen LogP contribution in [0.25, 0.3) is 0 Å². The molecule has 0 radical (unpaired) electrons. The van der Waals surface area contributed by atoms with E-state index < -0.39 is 0 Å². The molecule has 3 nitrogen and oxygen atoms in total. The summed E-state index contributed by atoms with van der Waals surface area (Å²) in [5.74, 6) is 0.983. The zero-order valence-corrected chi connectivity index (χ0v) is 14.6. The number of hydrogen-bond donors (Lipinski definition) is 1. The Morgan fingerprint density at radius 3 is 2.92 bits per heavy atom. The molecule has 0 spiro atoms. The fourth-order valence-electron chi connectivity index (χ4n) is 3.82. The van der Waals surface area contributed by atoms with Crippen molar-refractivity contribution >= 4 is 5.69 Å². The highest BCUT2D eigenvalue weighted by Crippen LogP contribution is 2.31. The van der Waals surface area contributed by atoms with Crippen molar-refractivity contribution in [2.45, 2.75) is 45.4 Å². The van der Waals surface area contributed by atoms with E-state index >= 15 is 0 Å². The van der Waals surface area contributed by atoms with Crippen LogP contribution in [-0.2, 0) is 19.4 Å². The molecule has 2 unspecified atom stereocenters. The van der Waals surface area contributed by atoms with Crippen molar-refractivity contribution in [3.8, 4) is 5.75 Å². The molecule has 0 saturated carbocycles. The van der Waals surface area contributed by atoms with Crippen LogP contribution in [0.15, 0.2) is 42.5 Å². The Bertz CT molecular complexity index is 728. The number of ether oxygens (including phenoxy) is 1. The lowest BCUT2D eigenvalue weighted by Crippen LogP contribution is -2.38. The Kier molecular flexibility index (Phi) is 4.19. The van der Waals surface area contributed by atoms with Crippen LogP contribution in [0.1, 0.15) is 30.5 Å². The number of rotatable bonds is 3. The Hall–Kier alpha value is -2.00. The average Bonchev–Trinajstić information content (AvgIpc) is 2.61. The zero-order valence-electron chi connectivity index (χ0n) is 14.6. The second-order valence-electron chi connectivity index (χ2n) is 7.18. The molecule has 0 aliphatic carbocycles. The smallest absolute Gasteiger partial charge is 0.142 e. The molecule has 2 aromatic rings. The van der Waals surface area contributed by atoms with E-state index in [1.54, 1.807) is 0 Å². The number of nitrogens with zero attached hydrogens (tertiary/aromatic N) is 1. The zero-order chi connectivity index (χ0) is 16.5. The highest BCUT2D eigenvalue weighted by molar-refractivity contribution is 5.59. The number of hydrogen-bond acceptors (Lipinski definition) is 3. The molecule has 3 heteroatoms. The van der Waals surface area contributed by atoms with Crippen LogP contribution >= 0.6 is 0 Å². The topological polar surface area (TPSA) is 24.5 Å². The molecule has 0 bridgehead atoms. The van der Waals surface area contributed by atoms with Gasteiger partial charge in [0.1, 0.15) is 11.9 Å². The number of nitrogens with one attached hydrogen (secondary N) is 1. The summed E-state index contributed by atoms with van der Waals surface area (Å²) >= 11 is 0. The average molecular weight is 322 g/mol. The summed E-state index contributed by atoms with van der Waals surface area (Å²) in [6, 6.07) is 16.0. The molecule has 2 heterocycles. The molecular weight excluding hydrogens is 296 g/mol. The molecule has 2 aliphatic rings. The van der Waals surface area contributed by atoms with Gasteiger partial charge in [-0.2, -0.15) is 0 Å². The molecule has 0 saturated heterocycles.